The average Bonchev–Trinajstić information content (AvgIpc) is 2.74. The molecule has 148 valence electrons. The van der Waals surface area contributed by atoms with E-state index in [1.807, 2.05) is 61.2 Å². The van der Waals surface area contributed by atoms with Crippen LogP contribution in [0.15, 0.2) is 60.8 Å². The minimum absolute atomic E-state index is 0.108. The first kappa shape index (κ1) is 18.9. The van der Waals surface area contributed by atoms with E-state index in [0.29, 0.717) is 18.2 Å². The van der Waals surface area contributed by atoms with E-state index in [9.17, 15) is 4.79 Å². The van der Waals surface area contributed by atoms with E-state index in [4.69, 9.17) is 4.74 Å². The molecular weight excluding hydrogens is 364 g/mol. The number of aryl methyl sites for hydroxylation is 1. The molecule has 0 unspecified atom stereocenters. The highest BCUT2D eigenvalue weighted by molar-refractivity contribution is 6.05. The fourth-order valence-electron chi connectivity index (χ4n) is 3.44. The summed E-state index contributed by atoms with van der Waals surface area (Å²) in [7, 11) is 0. The molecule has 2 aromatic carbocycles. The average molecular weight is 388 g/mol. The molecule has 6 heteroatoms. The Morgan fingerprint density at radius 3 is 2.69 bits per heavy atom. The number of anilines is 3. The van der Waals surface area contributed by atoms with Crippen LogP contribution in [0.5, 0.6) is 5.75 Å². The molecule has 1 aromatic heterocycles. The summed E-state index contributed by atoms with van der Waals surface area (Å²) in [5.41, 5.74) is 3.37. The second-order valence-electron chi connectivity index (χ2n) is 7.27. The van der Waals surface area contributed by atoms with E-state index in [-0.39, 0.29) is 12.0 Å². The van der Waals surface area contributed by atoms with E-state index < -0.39 is 0 Å². The van der Waals surface area contributed by atoms with Gasteiger partial charge in [0, 0.05) is 24.1 Å². The van der Waals surface area contributed by atoms with Crippen molar-refractivity contribution >= 4 is 23.2 Å². The molecule has 3 aromatic rings. The number of ether oxygens (including phenoxy) is 1. The van der Waals surface area contributed by atoms with E-state index in [0.717, 1.165) is 30.0 Å². The second-order valence-corrected chi connectivity index (χ2v) is 7.27. The maximum absolute atomic E-state index is 13.1. The van der Waals surface area contributed by atoms with Gasteiger partial charge in [-0.25, -0.2) is 9.97 Å². The van der Waals surface area contributed by atoms with Crippen molar-refractivity contribution in [1.82, 2.24) is 9.97 Å². The number of nitrogens with one attached hydrogen (secondary N) is 1. The highest BCUT2D eigenvalue weighted by Gasteiger charge is 2.24. The number of rotatable bonds is 5. The van der Waals surface area contributed by atoms with Gasteiger partial charge in [-0.3, -0.25) is 4.79 Å². The molecule has 4 rings (SSSR count). The third-order valence-electron chi connectivity index (χ3n) is 4.71. The van der Waals surface area contributed by atoms with Crippen LogP contribution in [0, 0.1) is 0 Å². The summed E-state index contributed by atoms with van der Waals surface area (Å²) in [6.07, 6.45) is 3.67. The van der Waals surface area contributed by atoms with Gasteiger partial charge < -0.3 is 15.0 Å². The predicted octanol–water partition coefficient (Wildman–Crippen LogP) is 4.60. The molecule has 2 heterocycles. The Bertz CT molecular complexity index is 1000. The normalized spacial score (nSPS) is 13.1. The Kier molecular flexibility index (Phi) is 5.42. The Hall–Kier alpha value is -3.41. The summed E-state index contributed by atoms with van der Waals surface area (Å²) in [5.74, 6) is 1.08. The van der Waals surface area contributed by atoms with Gasteiger partial charge in [0.05, 0.1) is 6.10 Å². The van der Waals surface area contributed by atoms with Crippen molar-refractivity contribution in [2.75, 3.05) is 16.8 Å². The number of carbonyl (C=O) groups excluding carboxylic acids is 1. The van der Waals surface area contributed by atoms with E-state index in [1.54, 1.807) is 12.3 Å². The van der Waals surface area contributed by atoms with Crippen LogP contribution in [0.4, 0.5) is 17.3 Å². The topological polar surface area (TPSA) is 67.3 Å². The van der Waals surface area contributed by atoms with Crippen LogP contribution >= 0.6 is 0 Å². The van der Waals surface area contributed by atoms with Crippen LogP contribution in [0.3, 0.4) is 0 Å². The first-order valence-electron chi connectivity index (χ1n) is 9.87. The number of hydrogen-bond acceptors (Lipinski definition) is 5. The van der Waals surface area contributed by atoms with Gasteiger partial charge in [0.2, 0.25) is 5.95 Å². The predicted molar refractivity (Wildman–Crippen MR) is 114 cm³/mol. The monoisotopic (exact) mass is 388 g/mol. The van der Waals surface area contributed by atoms with Crippen molar-refractivity contribution in [3.63, 3.8) is 0 Å². The van der Waals surface area contributed by atoms with Gasteiger partial charge in [0.25, 0.3) is 5.91 Å². The molecule has 1 aliphatic rings. The van der Waals surface area contributed by atoms with E-state index in [2.05, 4.69) is 21.4 Å². The second kappa shape index (κ2) is 8.31. The molecule has 29 heavy (non-hydrogen) atoms. The molecule has 0 atom stereocenters. The number of hydrogen-bond donors (Lipinski definition) is 1. The van der Waals surface area contributed by atoms with Crippen LogP contribution in [0.1, 0.15) is 36.3 Å². The molecule has 0 fully saturated rings. The number of carbonyl (C=O) groups is 1. The van der Waals surface area contributed by atoms with Crippen molar-refractivity contribution in [3.05, 3.63) is 72.1 Å². The molecule has 6 nitrogen and oxygen atoms in total. The molecule has 0 saturated heterocycles. The molecular formula is C23H24N4O2. The van der Waals surface area contributed by atoms with Gasteiger partial charge in [0.15, 0.2) is 0 Å². The number of benzene rings is 2. The standard InChI is InChI=1S/C23H24N4O2/c1-16(2)29-19-11-9-18(10-12-19)25-23-24-14-13-20(26-23)22(28)27-15-5-7-17-6-3-4-8-21(17)27/h3-4,6,8-14,16H,5,7,15H2,1-2H3,(H,24,25,26). The fourth-order valence-corrected chi connectivity index (χ4v) is 3.44. The molecule has 1 aliphatic heterocycles. The highest BCUT2D eigenvalue weighted by atomic mass is 16.5. The number of aromatic nitrogens is 2. The van der Waals surface area contributed by atoms with Crippen molar-refractivity contribution in [2.24, 2.45) is 0 Å². The maximum atomic E-state index is 13.1. The first-order chi connectivity index (χ1) is 14.1. The Balaban J connectivity index is 1.51. The van der Waals surface area contributed by atoms with Gasteiger partial charge in [-0.05, 0) is 68.7 Å². The Morgan fingerprint density at radius 1 is 1.10 bits per heavy atom. The van der Waals surface area contributed by atoms with Gasteiger partial charge in [0.1, 0.15) is 11.4 Å². The number of nitrogens with zero attached hydrogens (tertiary/aromatic N) is 3. The summed E-state index contributed by atoms with van der Waals surface area (Å²) >= 11 is 0. The molecule has 0 saturated carbocycles. The minimum atomic E-state index is -0.108. The largest absolute Gasteiger partial charge is 0.491 e. The lowest BCUT2D eigenvalue weighted by Gasteiger charge is -2.29. The Labute approximate surface area is 170 Å². The van der Waals surface area contributed by atoms with Gasteiger partial charge in [-0.15, -0.1) is 0 Å². The number of fused-ring (bicyclic) bond motifs is 1. The molecule has 1 amide bonds. The van der Waals surface area contributed by atoms with Crippen LogP contribution < -0.4 is 15.0 Å². The van der Waals surface area contributed by atoms with Crippen molar-refractivity contribution in [3.8, 4) is 5.75 Å². The third kappa shape index (κ3) is 4.37. The molecule has 1 N–H and O–H groups in total. The zero-order valence-electron chi connectivity index (χ0n) is 16.6. The van der Waals surface area contributed by atoms with E-state index >= 15 is 0 Å². The smallest absolute Gasteiger partial charge is 0.277 e. The lowest BCUT2D eigenvalue weighted by atomic mass is 10.0. The zero-order valence-corrected chi connectivity index (χ0v) is 16.6. The fraction of sp³-hybridized carbons (Fsp3) is 0.261. The Morgan fingerprint density at radius 2 is 1.90 bits per heavy atom. The first-order valence-corrected chi connectivity index (χ1v) is 9.87. The summed E-state index contributed by atoms with van der Waals surface area (Å²) in [4.78, 5) is 23.6. The highest BCUT2D eigenvalue weighted by Crippen LogP contribution is 2.28. The summed E-state index contributed by atoms with van der Waals surface area (Å²) < 4.78 is 5.66. The molecule has 0 aliphatic carbocycles. The quantitative estimate of drug-likeness (QED) is 0.692. The zero-order chi connectivity index (χ0) is 20.2. The summed E-state index contributed by atoms with van der Waals surface area (Å²) in [6, 6.07) is 17.3. The van der Waals surface area contributed by atoms with Gasteiger partial charge in [-0.1, -0.05) is 18.2 Å². The number of para-hydroxylation sites is 1. The number of amides is 1. The van der Waals surface area contributed by atoms with Gasteiger partial charge in [-0.2, -0.15) is 0 Å². The summed E-state index contributed by atoms with van der Waals surface area (Å²) in [6.45, 7) is 4.67. The minimum Gasteiger partial charge on any atom is -0.491 e. The van der Waals surface area contributed by atoms with Gasteiger partial charge >= 0.3 is 0 Å². The SMILES string of the molecule is CC(C)Oc1ccc(Nc2nccc(C(=O)N3CCCc4ccccc43)n2)cc1. The van der Waals surface area contributed by atoms with Crippen LogP contribution in [0.25, 0.3) is 0 Å². The van der Waals surface area contributed by atoms with Crippen molar-refractivity contribution in [2.45, 2.75) is 32.8 Å². The lowest BCUT2D eigenvalue weighted by Crippen LogP contribution is -2.36. The summed E-state index contributed by atoms with van der Waals surface area (Å²) in [5, 5.41) is 3.15. The molecule has 0 bridgehead atoms. The molecule has 0 spiro atoms. The molecule has 0 radical (unpaired) electrons. The van der Waals surface area contributed by atoms with Crippen molar-refractivity contribution in [1.29, 1.82) is 0 Å². The third-order valence-corrected chi connectivity index (χ3v) is 4.71. The maximum Gasteiger partial charge on any atom is 0.277 e. The lowest BCUT2D eigenvalue weighted by molar-refractivity contribution is 0.0980. The van der Waals surface area contributed by atoms with Crippen LogP contribution in [-0.2, 0) is 6.42 Å². The van der Waals surface area contributed by atoms with Crippen LogP contribution in [0.2, 0.25) is 0 Å². The van der Waals surface area contributed by atoms with Crippen LogP contribution in [-0.4, -0.2) is 28.5 Å². The van der Waals surface area contributed by atoms with Crippen molar-refractivity contribution < 1.29 is 9.53 Å². The van der Waals surface area contributed by atoms with E-state index in [1.165, 1.54) is 5.56 Å².